The summed E-state index contributed by atoms with van der Waals surface area (Å²) in [6.45, 7) is 0. The molecular formula is C11H12O2. The van der Waals surface area contributed by atoms with Gasteiger partial charge in [0.2, 0.25) is 0 Å². The number of rotatable bonds is 2. The SMILES string of the molecule is c1cc2oc1cc2OC1CCCC1. The minimum atomic E-state index is 0.427. The molecule has 0 saturated heterocycles. The Morgan fingerprint density at radius 3 is 2.69 bits per heavy atom. The monoisotopic (exact) mass is 176 g/mol. The smallest absolute Gasteiger partial charge is 0.169 e. The summed E-state index contributed by atoms with van der Waals surface area (Å²) < 4.78 is 11.2. The highest BCUT2D eigenvalue weighted by molar-refractivity contribution is 5.69. The maximum Gasteiger partial charge on any atom is 0.169 e. The molecule has 0 atom stereocenters. The average Bonchev–Trinajstić information content (AvgIpc) is 2.77. The van der Waals surface area contributed by atoms with E-state index in [1.54, 1.807) is 0 Å². The molecule has 0 N–H and O–H groups in total. The lowest BCUT2D eigenvalue weighted by Gasteiger charge is -2.10. The topological polar surface area (TPSA) is 22.4 Å². The van der Waals surface area contributed by atoms with E-state index in [-0.39, 0.29) is 0 Å². The van der Waals surface area contributed by atoms with Gasteiger partial charge in [-0.1, -0.05) is 0 Å². The van der Waals surface area contributed by atoms with Crippen LogP contribution in [0.3, 0.4) is 0 Å². The molecule has 2 nitrogen and oxygen atoms in total. The third-order valence-electron chi connectivity index (χ3n) is 2.74. The van der Waals surface area contributed by atoms with Crippen LogP contribution in [0, 0.1) is 0 Å². The molecule has 0 aromatic carbocycles. The van der Waals surface area contributed by atoms with Gasteiger partial charge >= 0.3 is 0 Å². The van der Waals surface area contributed by atoms with Crippen LogP contribution in [-0.2, 0) is 0 Å². The van der Waals surface area contributed by atoms with Gasteiger partial charge in [-0.05, 0) is 37.8 Å². The van der Waals surface area contributed by atoms with Gasteiger partial charge in [0.15, 0.2) is 11.3 Å². The zero-order chi connectivity index (χ0) is 8.67. The molecule has 1 fully saturated rings. The van der Waals surface area contributed by atoms with Gasteiger partial charge in [0.1, 0.15) is 5.58 Å². The van der Waals surface area contributed by atoms with Crippen molar-refractivity contribution >= 4 is 11.2 Å². The summed E-state index contributed by atoms with van der Waals surface area (Å²) >= 11 is 0. The summed E-state index contributed by atoms with van der Waals surface area (Å²) in [6.07, 6.45) is 5.43. The molecule has 13 heavy (non-hydrogen) atoms. The van der Waals surface area contributed by atoms with Crippen molar-refractivity contribution in [3.8, 4) is 5.75 Å². The fourth-order valence-electron chi connectivity index (χ4n) is 2.04. The predicted molar refractivity (Wildman–Crippen MR) is 50.3 cm³/mol. The Kier molecular flexibility index (Phi) is 1.48. The highest BCUT2D eigenvalue weighted by Gasteiger charge is 2.18. The molecule has 0 spiro atoms. The summed E-state index contributed by atoms with van der Waals surface area (Å²) in [6, 6.07) is 5.92. The average molecular weight is 176 g/mol. The number of fused-ring (bicyclic) bond motifs is 2. The molecule has 2 aromatic heterocycles. The first-order valence-corrected chi connectivity index (χ1v) is 4.90. The largest absolute Gasteiger partial charge is 0.486 e. The molecule has 3 rings (SSSR count). The zero-order valence-corrected chi connectivity index (χ0v) is 7.45. The molecule has 1 aliphatic rings. The molecule has 68 valence electrons. The van der Waals surface area contributed by atoms with Gasteiger partial charge in [-0.25, -0.2) is 0 Å². The molecule has 0 aliphatic heterocycles. The van der Waals surface area contributed by atoms with Crippen LogP contribution in [0.4, 0.5) is 0 Å². The number of benzene rings is 1. The lowest BCUT2D eigenvalue weighted by Crippen LogP contribution is -2.10. The van der Waals surface area contributed by atoms with Crippen LogP contribution < -0.4 is 4.74 Å². The van der Waals surface area contributed by atoms with E-state index in [2.05, 4.69) is 0 Å². The highest BCUT2D eigenvalue weighted by atomic mass is 16.5. The first-order chi connectivity index (χ1) is 6.42. The molecule has 1 saturated carbocycles. The second-order valence-corrected chi connectivity index (χ2v) is 3.73. The normalized spacial score (nSPS) is 18.8. The summed E-state index contributed by atoms with van der Waals surface area (Å²) in [5, 5.41) is 0. The van der Waals surface area contributed by atoms with E-state index >= 15 is 0 Å². The Balaban J connectivity index is 1.81. The first-order valence-electron chi connectivity index (χ1n) is 4.90. The Morgan fingerprint density at radius 1 is 1.23 bits per heavy atom. The summed E-state index contributed by atoms with van der Waals surface area (Å²) in [7, 11) is 0. The number of hydrogen-bond donors (Lipinski definition) is 0. The van der Waals surface area contributed by atoms with Gasteiger partial charge < -0.3 is 9.15 Å². The van der Waals surface area contributed by atoms with Gasteiger partial charge in [-0.15, -0.1) is 0 Å². The minimum absolute atomic E-state index is 0.427. The number of ether oxygens (including phenoxy) is 1. The number of furan rings is 2. The van der Waals surface area contributed by atoms with Gasteiger partial charge in [0, 0.05) is 6.07 Å². The van der Waals surface area contributed by atoms with Crippen molar-refractivity contribution in [3.05, 3.63) is 18.2 Å². The fraction of sp³-hybridized carbons (Fsp3) is 0.455. The van der Waals surface area contributed by atoms with Crippen LogP contribution in [-0.4, -0.2) is 6.10 Å². The van der Waals surface area contributed by atoms with Crippen molar-refractivity contribution < 1.29 is 9.15 Å². The van der Waals surface area contributed by atoms with E-state index < -0.39 is 0 Å². The van der Waals surface area contributed by atoms with E-state index in [4.69, 9.17) is 9.15 Å². The second kappa shape index (κ2) is 2.66. The van der Waals surface area contributed by atoms with Crippen molar-refractivity contribution in [2.24, 2.45) is 0 Å². The third kappa shape index (κ3) is 1.17. The van der Waals surface area contributed by atoms with Crippen LogP contribution in [0.1, 0.15) is 25.7 Å². The van der Waals surface area contributed by atoms with Crippen molar-refractivity contribution in [2.45, 2.75) is 31.8 Å². The molecular weight excluding hydrogens is 164 g/mol. The van der Waals surface area contributed by atoms with Crippen molar-refractivity contribution in [3.63, 3.8) is 0 Å². The van der Waals surface area contributed by atoms with Crippen molar-refractivity contribution in [1.82, 2.24) is 0 Å². The predicted octanol–water partition coefficient (Wildman–Crippen LogP) is 3.19. The van der Waals surface area contributed by atoms with Crippen molar-refractivity contribution in [1.29, 1.82) is 0 Å². The Hall–Kier alpha value is -1.18. The lowest BCUT2D eigenvalue weighted by atomic mass is 10.3. The van der Waals surface area contributed by atoms with Gasteiger partial charge in [0.05, 0.1) is 6.10 Å². The van der Waals surface area contributed by atoms with E-state index in [0.717, 1.165) is 16.9 Å². The summed E-state index contributed by atoms with van der Waals surface area (Å²) in [5.41, 5.74) is 1.81. The quantitative estimate of drug-likeness (QED) is 0.701. The highest BCUT2D eigenvalue weighted by Crippen LogP contribution is 2.32. The fourth-order valence-corrected chi connectivity index (χ4v) is 2.04. The van der Waals surface area contributed by atoms with Crippen molar-refractivity contribution in [2.75, 3.05) is 0 Å². The molecule has 2 aromatic rings. The Bertz CT molecular complexity index is 384. The molecule has 2 heterocycles. The van der Waals surface area contributed by atoms with E-state index in [1.165, 1.54) is 25.7 Å². The summed E-state index contributed by atoms with van der Waals surface area (Å²) in [5.74, 6) is 0.935. The molecule has 2 bridgehead atoms. The van der Waals surface area contributed by atoms with Gasteiger partial charge in [-0.2, -0.15) is 0 Å². The van der Waals surface area contributed by atoms with Crippen LogP contribution in [0.15, 0.2) is 22.6 Å². The van der Waals surface area contributed by atoms with E-state index in [9.17, 15) is 0 Å². The Morgan fingerprint density at radius 2 is 2.08 bits per heavy atom. The molecule has 0 amide bonds. The lowest BCUT2D eigenvalue weighted by molar-refractivity contribution is 0.212. The number of hydrogen-bond acceptors (Lipinski definition) is 2. The standard InChI is InChI=1S/C11H12O2/c1-2-4-8(3-1)12-11-7-9-5-6-10(11)13-9/h5-8H,1-4H2. The minimum Gasteiger partial charge on any atom is -0.486 e. The first kappa shape index (κ1) is 7.25. The van der Waals surface area contributed by atoms with Gasteiger partial charge in [-0.3, -0.25) is 0 Å². The Labute approximate surface area is 76.8 Å². The van der Waals surface area contributed by atoms with Crippen LogP contribution >= 0.6 is 0 Å². The van der Waals surface area contributed by atoms with E-state index in [1.807, 2.05) is 18.2 Å². The maximum absolute atomic E-state index is 5.83. The second-order valence-electron chi connectivity index (χ2n) is 3.73. The van der Waals surface area contributed by atoms with Crippen LogP contribution in [0.25, 0.3) is 11.2 Å². The van der Waals surface area contributed by atoms with Gasteiger partial charge in [0.25, 0.3) is 0 Å². The van der Waals surface area contributed by atoms with E-state index in [0.29, 0.717) is 6.10 Å². The molecule has 2 heteroatoms. The zero-order valence-electron chi connectivity index (χ0n) is 7.45. The third-order valence-corrected chi connectivity index (χ3v) is 2.74. The molecule has 1 aliphatic carbocycles. The summed E-state index contributed by atoms with van der Waals surface area (Å²) in [4.78, 5) is 0. The van der Waals surface area contributed by atoms with Crippen LogP contribution in [0.2, 0.25) is 0 Å². The maximum atomic E-state index is 5.83. The van der Waals surface area contributed by atoms with Crippen LogP contribution in [0.5, 0.6) is 5.75 Å². The molecule has 0 radical (unpaired) electrons. The molecule has 0 unspecified atom stereocenters.